The van der Waals surface area contributed by atoms with E-state index in [0.717, 1.165) is 12.5 Å². The van der Waals surface area contributed by atoms with E-state index in [9.17, 15) is 0 Å². The maximum absolute atomic E-state index is 5.56. The van der Waals surface area contributed by atoms with E-state index in [-0.39, 0.29) is 0 Å². The van der Waals surface area contributed by atoms with Crippen molar-refractivity contribution in [2.75, 3.05) is 19.3 Å². The van der Waals surface area contributed by atoms with E-state index in [1.54, 1.807) is 11.3 Å². The average molecular weight is 197 g/mol. The predicted octanol–water partition coefficient (Wildman–Crippen LogP) is 1.57. The van der Waals surface area contributed by atoms with Gasteiger partial charge in [0.2, 0.25) is 0 Å². The van der Waals surface area contributed by atoms with Crippen LogP contribution in [0.2, 0.25) is 0 Å². The Morgan fingerprint density at radius 1 is 1.69 bits per heavy atom. The van der Waals surface area contributed by atoms with Crippen molar-refractivity contribution < 1.29 is 0 Å². The minimum atomic E-state index is 0.676. The number of nitrogens with two attached hydrogens (primary N) is 1. The van der Waals surface area contributed by atoms with E-state index in [1.807, 2.05) is 6.20 Å². The number of nitrogen functional groups attached to an aromatic ring is 1. The summed E-state index contributed by atoms with van der Waals surface area (Å²) in [6.45, 7) is 2.21. The van der Waals surface area contributed by atoms with Gasteiger partial charge in [0.05, 0.1) is 0 Å². The van der Waals surface area contributed by atoms with Crippen LogP contribution in [0.1, 0.15) is 17.7 Å². The molecule has 0 spiro atoms. The van der Waals surface area contributed by atoms with E-state index in [1.165, 1.54) is 24.3 Å². The first kappa shape index (κ1) is 8.97. The van der Waals surface area contributed by atoms with Crippen LogP contribution in [0.3, 0.4) is 0 Å². The van der Waals surface area contributed by atoms with Crippen LogP contribution in [0.15, 0.2) is 6.20 Å². The molecule has 0 amide bonds. The predicted molar refractivity (Wildman–Crippen MR) is 55.6 cm³/mol. The van der Waals surface area contributed by atoms with Gasteiger partial charge in [0, 0.05) is 24.2 Å². The number of thiazole rings is 1. The number of hydrogen-bond donors (Lipinski definition) is 1. The quantitative estimate of drug-likeness (QED) is 0.796. The maximum Gasteiger partial charge on any atom is 0.180 e. The van der Waals surface area contributed by atoms with Gasteiger partial charge in [-0.15, -0.1) is 11.3 Å². The molecule has 1 fully saturated rings. The van der Waals surface area contributed by atoms with Gasteiger partial charge in [0.25, 0.3) is 0 Å². The second-order valence-corrected chi connectivity index (χ2v) is 4.95. The zero-order chi connectivity index (χ0) is 9.26. The summed E-state index contributed by atoms with van der Waals surface area (Å²) in [6, 6.07) is 0. The van der Waals surface area contributed by atoms with E-state index >= 15 is 0 Å². The Morgan fingerprint density at radius 2 is 2.46 bits per heavy atom. The Labute approximate surface area is 82.6 Å². The summed E-state index contributed by atoms with van der Waals surface area (Å²) in [7, 11) is 2.16. The lowest BCUT2D eigenvalue weighted by Gasteiger charge is -2.13. The molecule has 1 aromatic heterocycles. The van der Waals surface area contributed by atoms with Crippen molar-refractivity contribution in [3.05, 3.63) is 11.1 Å². The topological polar surface area (TPSA) is 42.2 Å². The molecule has 0 aromatic carbocycles. The van der Waals surface area contributed by atoms with Crippen LogP contribution >= 0.6 is 11.3 Å². The van der Waals surface area contributed by atoms with Gasteiger partial charge in [-0.25, -0.2) is 4.98 Å². The SMILES string of the molecule is CN(Cc1cnc(N)s1)CC1CC1. The third-order valence-electron chi connectivity index (χ3n) is 2.26. The van der Waals surface area contributed by atoms with Crippen LogP contribution in [0, 0.1) is 5.92 Å². The van der Waals surface area contributed by atoms with E-state index in [2.05, 4.69) is 16.9 Å². The first-order chi connectivity index (χ1) is 6.24. The van der Waals surface area contributed by atoms with Crippen molar-refractivity contribution in [1.29, 1.82) is 0 Å². The summed E-state index contributed by atoms with van der Waals surface area (Å²) in [5.41, 5.74) is 5.56. The van der Waals surface area contributed by atoms with Crippen molar-refractivity contribution >= 4 is 16.5 Å². The van der Waals surface area contributed by atoms with Gasteiger partial charge in [-0.05, 0) is 25.8 Å². The third kappa shape index (κ3) is 2.67. The molecule has 13 heavy (non-hydrogen) atoms. The summed E-state index contributed by atoms with van der Waals surface area (Å²) < 4.78 is 0. The van der Waals surface area contributed by atoms with Crippen LogP contribution < -0.4 is 5.73 Å². The molecule has 2 rings (SSSR count). The fraction of sp³-hybridized carbons (Fsp3) is 0.667. The molecule has 1 heterocycles. The van der Waals surface area contributed by atoms with Gasteiger partial charge < -0.3 is 10.6 Å². The molecule has 3 nitrogen and oxygen atoms in total. The number of nitrogens with zero attached hydrogens (tertiary/aromatic N) is 2. The molecule has 0 aliphatic heterocycles. The lowest BCUT2D eigenvalue weighted by molar-refractivity contribution is 0.315. The van der Waals surface area contributed by atoms with Gasteiger partial charge in [-0.2, -0.15) is 0 Å². The smallest absolute Gasteiger partial charge is 0.180 e. The Bertz CT molecular complexity index is 280. The second kappa shape index (κ2) is 3.64. The molecule has 1 aromatic rings. The van der Waals surface area contributed by atoms with Crippen LogP contribution in [-0.2, 0) is 6.54 Å². The standard InChI is InChI=1S/C9H15N3S/c1-12(5-7-2-3-7)6-8-4-11-9(10)13-8/h4,7H,2-3,5-6H2,1H3,(H2,10,11). The second-order valence-electron chi connectivity index (χ2n) is 3.80. The first-order valence-corrected chi connectivity index (χ1v) is 5.44. The molecule has 1 aliphatic rings. The Balaban J connectivity index is 1.82. The fourth-order valence-electron chi connectivity index (χ4n) is 1.47. The molecule has 1 aliphatic carbocycles. The first-order valence-electron chi connectivity index (χ1n) is 4.63. The molecular weight excluding hydrogens is 182 g/mol. The zero-order valence-electron chi connectivity index (χ0n) is 7.86. The summed E-state index contributed by atoms with van der Waals surface area (Å²) >= 11 is 1.59. The highest BCUT2D eigenvalue weighted by Crippen LogP contribution is 2.30. The highest BCUT2D eigenvalue weighted by Gasteiger charge is 2.22. The molecule has 2 N–H and O–H groups in total. The average Bonchev–Trinajstić information content (AvgIpc) is 2.76. The maximum atomic E-state index is 5.56. The van der Waals surface area contributed by atoms with Gasteiger partial charge in [0.1, 0.15) is 0 Å². The Morgan fingerprint density at radius 3 is 3.00 bits per heavy atom. The fourth-order valence-corrected chi connectivity index (χ4v) is 2.23. The van der Waals surface area contributed by atoms with Gasteiger partial charge in [-0.1, -0.05) is 0 Å². The largest absolute Gasteiger partial charge is 0.375 e. The Kier molecular flexibility index (Phi) is 2.51. The molecule has 0 saturated heterocycles. The highest BCUT2D eigenvalue weighted by atomic mass is 32.1. The molecule has 1 saturated carbocycles. The number of rotatable bonds is 4. The van der Waals surface area contributed by atoms with E-state index in [4.69, 9.17) is 5.73 Å². The monoisotopic (exact) mass is 197 g/mol. The van der Waals surface area contributed by atoms with Crippen molar-refractivity contribution in [3.63, 3.8) is 0 Å². The van der Waals surface area contributed by atoms with Crippen molar-refractivity contribution in [2.24, 2.45) is 5.92 Å². The van der Waals surface area contributed by atoms with Crippen LogP contribution in [-0.4, -0.2) is 23.5 Å². The highest BCUT2D eigenvalue weighted by molar-refractivity contribution is 7.15. The molecule has 0 unspecified atom stereocenters. The van der Waals surface area contributed by atoms with E-state index in [0.29, 0.717) is 5.13 Å². The normalized spacial score (nSPS) is 16.8. The van der Waals surface area contributed by atoms with Crippen LogP contribution in [0.25, 0.3) is 0 Å². The summed E-state index contributed by atoms with van der Waals surface area (Å²) in [5.74, 6) is 0.954. The third-order valence-corrected chi connectivity index (χ3v) is 3.08. The van der Waals surface area contributed by atoms with Gasteiger partial charge in [0.15, 0.2) is 5.13 Å². The lowest BCUT2D eigenvalue weighted by Crippen LogP contribution is -2.19. The van der Waals surface area contributed by atoms with E-state index < -0.39 is 0 Å². The summed E-state index contributed by atoms with van der Waals surface area (Å²) in [5, 5.41) is 0.676. The Hall–Kier alpha value is -0.610. The summed E-state index contributed by atoms with van der Waals surface area (Å²) in [6.07, 6.45) is 4.70. The summed E-state index contributed by atoms with van der Waals surface area (Å²) in [4.78, 5) is 7.65. The number of hydrogen-bond acceptors (Lipinski definition) is 4. The van der Waals surface area contributed by atoms with Crippen molar-refractivity contribution in [3.8, 4) is 0 Å². The minimum absolute atomic E-state index is 0.676. The van der Waals surface area contributed by atoms with Crippen LogP contribution in [0.5, 0.6) is 0 Å². The molecule has 0 radical (unpaired) electrons. The number of aromatic nitrogens is 1. The van der Waals surface area contributed by atoms with Gasteiger partial charge >= 0.3 is 0 Å². The lowest BCUT2D eigenvalue weighted by atomic mass is 10.4. The number of anilines is 1. The molecular formula is C9H15N3S. The van der Waals surface area contributed by atoms with Gasteiger partial charge in [-0.3, -0.25) is 0 Å². The molecule has 4 heteroatoms. The zero-order valence-corrected chi connectivity index (χ0v) is 8.68. The van der Waals surface area contributed by atoms with Crippen molar-refractivity contribution in [2.45, 2.75) is 19.4 Å². The molecule has 0 atom stereocenters. The molecule has 0 bridgehead atoms. The minimum Gasteiger partial charge on any atom is -0.375 e. The van der Waals surface area contributed by atoms with Crippen molar-refractivity contribution in [1.82, 2.24) is 9.88 Å². The molecule has 72 valence electrons. The van der Waals surface area contributed by atoms with Crippen LogP contribution in [0.4, 0.5) is 5.13 Å².